The van der Waals surface area contributed by atoms with E-state index in [1.807, 2.05) is 0 Å². The van der Waals surface area contributed by atoms with Crippen molar-refractivity contribution in [1.29, 1.82) is 0 Å². The van der Waals surface area contributed by atoms with Gasteiger partial charge in [-0.15, -0.1) is 13.2 Å². The van der Waals surface area contributed by atoms with E-state index >= 15 is 0 Å². The van der Waals surface area contributed by atoms with Crippen LogP contribution in [-0.4, -0.2) is 23.3 Å². The summed E-state index contributed by atoms with van der Waals surface area (Å²) in [6.07, 6.45) is 3.78. The molecule has 96 valence electrons. The third kappa shape index (κ3) is 2.53. The number of carbonyl (C=O) groups excluding carboxylic acids is 1. The second-order valence-corrected chi connectivity index (χ2v) is 3.74. The summed E-state index contributed by atoms with van der Waals surface area (Å²) in [4.78, 5) is 11.5. The van der Waals surface area contributed by atoms with Crippen molar-refractivity contribution in [3.05, 3.63) is 48.1 Å². The maximum atomic E-state index is 11.5. The highest BCUT2D eigenvalue weighted by atomic mass is 16.5. The van der Waals surface area contributed by atoms with E-state index in [0.717, 1.165) is 0 Å². The summed E-state index contributed by atoms with van der Waals surface area (Å²) < 4.78 is 4.59. The molecule has 0 saturated heterocycles. The normalized spacial score (nSPS) is 9.83. The molecular weight excluding hydrogens is 232 g/mol. The number of hydrogen-bond acceptors (Lipinski definition) is 4. The number of allylic oxidation sites excluding steroid dienone is 2. The zero-order valence-corrected chi connectivity index (χ0v) is 10.3. The largest absolute Gasteiger partial charge is 0.507 e. The smallest absolute Gasteiger partial charge is 0.341 e. The minimum Gasteiger partial charge on any atom is -0.507 e. The van der Waals surface area contributed by atoms with Gasteiger partial charge in [0.05, 0.1) is 7.11 Å². The third-order valence-corrected chi connectivity index (χ3v) is 2.57. The van der Waals surface area contributed by atoms with Gasteiger partial charge in [0.15, 0.2) is 0 Å². The Bertz CT molecular complexity index is 489. The Morgan fingerprint density at radius 1 is 1.28 bits per heavy atom. The van der Waals surface area contributed by atoms with Gasteiger partial charge in [0, 0.05) is 5.56 Å². The number of rotatable bonds is 5. The van der Waals surface area contributed by atoms with Crippen LogP contribution in [0.4, 0.5) is 0 Å². The van der Waals surface area contributed by atoms with E-state index in [1.54, 1.807) is 6.08 Å². The summed E-state index contributed by atoms with van der Waals surface area (Å²) in [5, 5.41) is 20.0. The van der Waals surface area contributed by atoms with Crippen molar-refractivity contribution in [2.75, 3.05) is 7.11 Å². The van der Waals surface area contributed by atoms with E-state index in [-0.39, 0.29) is 29.0 Å². The van der Waals surface area contributed by atoms with Crippen molar-refractivity contribution in [2.24, 2.45) is 0 Å². The Kier molecular flexibility index (Phi) is 4.54. The number of carbonyl (C=O) groups is 1. The first-order chi connectivity index (χ1) is 8.56. The molecule has 18 heavy (non-hydrogen) atoms. The number of methoxy groups -OCH3 is 1. The van der Waals surface area contributed by atoms with Crippen molar-refractivity contribution < 1.29 is 19.7 Å². The highest BCUT2D eigenvalue weighted by Crippen LogP contribution is 2.35. The third-order valence-electron chi connectivity index (χ3n) is 2.57. The molecule has 1 aromatic carbocycles. The predicted molar refractivity (Wildman–Crippen MR) is 68.9 cm³/mol. The molecule has 0 aliphatic rings. The first-order valence-electron chi connectivity index (χ1n) is 5.43. The quantitative estimate of drug-likeness (QED) is 0.620. The molecule has 0 radical (unpaired) electrons. The maximum Gasteiger partial charge on any atom is 0.341 e. The average Bonchev–Trinajstić information content (AvgIpc) is 2.37. The lowest BCUT2D eigenvalue weighted by Gasteiger charge is -2.13. The molecule has 0 bridgehead atoms. The van der Waals surface area contributed by atoms with E-state index in [1.165, 1.54) is 19.3 Å². The van der Waals surface area contributed by atoms with Crippen LogP contribution in [-0.2, 0) is 17.6 Å². The summed E-state index contributed by atoms with van der Waals surface area (Å²) in [6.45, 7) is 7.13. The number of hydrogen-bond donors (Lipinski definition) is 2. The number of esters is 1. The molecule has 0 unspecified atom stereocenters. The fraction of sp³-hybridized carbons (Fsp3) is 0.214. The molecule has 0 aliphatic heterocycles. The van der Waals surface area contributed by atoms with Gasteiger partial charge in [-0.05, 0) is 24.5 Å². The van der Waals surface area contributed by atoms with Gasteiger partial charge >= 0.3 is 5.97 Å². The molecule has 0 spiro atoms. The minimum atomic E-state index is -0.650. The van der Waals surface area contributed by atoms with Crippen LogP contribution in [0.5, 0.6) is 11.5 Å². The first kappa shape index (κ1) is 13.8. The molecule has 4 heteroatoms. The summed E-state index contributed by atoms with van der Waals surface area (Å²) in [7, 11) is 1.23. The van der Waals surface area contributed by atoms with Gasteiger partial charge in [0.1, 0.15) is 17.1 Å². The summed E-state index contributed by atoms with van der Waals surface area (Å²) in [6, 6.07) is 1.41. The molecule has 1 aromatic rings. The molecular formula is C14H16O4. The predicted octanol–water partition coefficient (Wildman–Crippen LogP) is 2.34. The Morgan fingerprint density at radius 3 is 2.39 bits per heavy atom. The van der Waals surface area contributed by atoms with E-state index in [9.17, 15) is 15.0 Å². The first-order valence-corrected chi connectivity index (χ1v) is 5.43. The summed E-state index contributed by atoms with van der Waals surface area (Å²) >= 11 is 0. The second-order valence-electron chi connectivity index (χ2n) is 3.74. The zero-order chi connectivity index (χ0) is 13.7. The number of aromatic hydroxyl groups is 2. The highest BCUT2D eigenvalue weighted by Gasteiger charge is 2.20. The van der Waals surface area contributed by atoms with Crippen molar-refractivity contribution in [3.63, 3.8) is 0 Å². The lowest BCUT2D eigenvalue weighted by atomic mass is 9.98. The Morgan fingerprint density at radius 2 is 1.89 bits per heavy atom. The fourth-order valence-electron chi connectivity index (χ4n) is 1.69. The Hall–Kier alpha value is -2.23. The molecule has 0 saturated carbocycles. The number of ether oxygens (including phenoxy) is 1. The van der Waals surface area contributed by atoms with Crippen LogP contribution in [0, 0.1) is 0 Å². The highest BCUT2D eigenvalue weighted by molar-refractivity contribution is 5.93. The van der Waals surface area contributed by atoms with Crippen LogP contribution in [0.1, 0.15) is 21.5 Å². The van der Waals surface area contributed by atoms with Crippen molar-refractivity contribution in [3.8, 4) is 11.5 Å². The van der Waals surface area contributed by atoms with Gasteiger partial charge in [0.25, 0.3) is 0 Å². The van der Waals surface area contributed by atoms with E-state index < -0.39 is 5.97 Å². The molecule has 0 aromatic heterocycles. The number of phenolic OH excluding ortho intramolecular Hbond substituents is 2. The monoisotopic (exact) mass is 248 g/mol. The topological polar surface area (TPSA) is 66.8 Å². The van der Waals surface area contributed by atoms with Gasteiger partial charge in [-0.25, -0.2) is 4.79 Å². The van der Waals surface area contributed by atoms with E-state index in [2.05, 4.69) is 17.9 Å². The molecule has 0 heterocycles. The van der Waals surface area contributed by atoms with Gasteiger partial charge in [0.2, 0.25) is 0 Å². The summed E-state index contributed by atoms with van der Waals surface area (Å²) in [5.41, 5.74) is 0.814. The van der Waals surface area contributed by atoms with Gasteiger partial charge in [-0.2, -0.15) is 0 Å². The SMILES string of the molecule is C=CCc1cc(C(=O)OC)c(O)c(CC=C)c1O. The molecule has 0 fully saturated rings. The van der Waals surface area contributed by atoms with Crippen LogP contribution < -0.4 is 0 Å². The van der Waals surface area contributed by atoms with Crippen LogP contribution in [0.3, 0.4) is 0 Å². The van der Waals surface area contributed by atoms with Gasteiger partial charge in [-0.3, -0.25) is 0 Å². The Labute approximate surface area is 106 Å². The standard InChI is InChI=1S/C14H16O4/c1-4-6-9-8-11(14(17)18-3)13(16)10(7-5-2)12(9)15/h4-5,8,15-16H,1-2,6-7H2,3H3. The van der Waals surface area contributed by atoms with E-state index in [4.69, 9.17) is 0 Å². The maximum absolute atomic E-state index is 11.5. The number of phenols is 2. The van der Waals surface area contributed by atoms with Crippen LogP contribution >= 0.6 is 0 Å². The molecule has 0 aliphatic carbocycles. The Balaban J connectivity index is 3.48. The van der Waals surface area contributed by atoms with Gasteiger partial charge < -0.3 is 14.9 Å². The lowest BCUT2D eigenvalue weighted by Crippen LogP contribution is -2.05. The summed E-state index contributed by atoms with van der Waals surface area (Å²) in [5.74, 6) is -0.963. The van der Waals surface area contributed by atoms with Crippen LogP contribution in [0.15, 0.2) is 31.4 Å². The van der Waals surface area contributed by atoms with Crippen LogP contribution in [0.25, 0.3) is 0 Å². The molecule has 0 atom stereocenters. The lowest BCUT2D eigenvalue weighted by molar-refractivity contribution is 0.0597. The molecule has 1 rings (SSSR count). The van der Waals surface area contributed by atoms with Crippen molar-refractivity contribution in [1.82, 2.24) is 0 Å². The van der Waals surface area contributed by atoms with Crippen LogP contribution in [0.2, 0.25) is 0 Å². The van der Waals surface area contributed by atoms with E-state index in [0.29, 0.717) is 12.0 Å². The fourth-order valence-corrected chi connectivity index (χ4v) is 1.69. The number of benzene rings is 1. The average molecular weight is 248 g/mol. The van der Waals surface area contributed by atoms with Crippen molar-refractivity contribution in [2.45, 2.75) is 12.8 Å². The molecule has 4 nitrogen and oxygen atoms in total. The van der Waals surface area contributed by atoms with Crippen molar-refractivity contribution >= 4 is 5.97 Å². The minimum absolute atomic E-state index is 0.0315. The molecule has 0 amide bonds. The van der Waals surface area contributed by atoms with Gasteiger partial charge in [-0.1, -0.05) is 12.2 Å². The molecule has 2 N–H and O–H groups in total. The zero-order valence-electron chi connectivity index (χ0n) is 10.3. The second kappa shape index (κ2) is 5.91.